The summed E-state index contributed by atoms with van der Waals surface area (Å²) in [6, 6.07) is 7.31. The quantitative estimate of drug-likeness (QED) is 0.477. The van der Waals surface area contributed by atoms with Crippen molar-refractivity contribution < 1.29 is 4.84 Å². The lowest BCUT2D eigenvalue weighted by Gasteiger charge is -2.01. The van der Waals surface area contributed by atoms with Crippen LogP contribution in [0.15, 0.2) is 24.3 Å². The van der Waals surface area contributed by atoms with E-state index in [0.717, 1.165) is 11.4 Å². The number of nitrogens with one attached hydrogen (secondary N) is 1. The van der Waals surface area contributed by atoms with Crippen LogP contribution in [-0.2, 0) is 4.84 Å². The number of nitrogen functional groups attached to an aromatic ring is 1. The van der Waals surface area contributed by atoms with E-state index in [4.69, 9.17) is 5.73 Å². The Morgan fingerprint density at radius 1 is 1.30 bits per heavy atom. The van der Waals surface area contributed by atoms with E-state index in [0.29, 0.717) is 0 Å². The molecule has 0 bridgehead atoms. The molecule has 0 aromatic heterocycles. The van der Waals surface area contributed by atoms with E-state index in [1.807, 2.05) is 12.1 Å². The first kappa shape index (κ1) is 6.89. The molecule has 10 heavy (non-hydrogen) atoms. The number of anilines is 2. The highest BCUT2D eigenvalue weighted by Gasteiger charge is 1.87. The van der Waals surface area contributed by atoms with E-state index in [2.05, 4.69) is 10.3 Å². The molecule has 0 spiro atoms. The van der Waals surface area contributed by atoms with Crippen molar-refractivity contribution in [2.45, 2.75) is 0 Å². The van der Waals surface area contributed by atoms with Crippen molar-refractivity contribution in [3.8, 4) is 0 Å². The van der Waals surface area contributed by atoms with Gasteiger partial charge in [0.25, 0.3) is 0 Å². The normalized spacial score (nSPS) is 9.30. The summed E-state index contributed by atoms with van der Waals surface area (Å²) in [6.45, 7) is 0. The van der Waals surface area contributed by atoms with Crippen LogP contribution >= 0.6 is 0 Å². The smallest absolute Gasteiger partial charge is 0.0636 e. The predicted octanol–water partition coefficient (Wildman–Crippen LogP) is 1.24. The van der Waals surface area contributed by atoms with Crippen molar-refractivity contribution >= 4 is 11.4 Å². The summed E-state index contributed by atoms with van der Waals surface area (Å²) in [6.07, 6.45) is 0. The van der Waals surface area contributed by atoms with E-state index in [9.17, 15) is 0 Å². The average molecular weight is 138 g/mol. The first-order valence-corrected chi connectivity index (χ1v) is 2.97. The summed E-state index contributed by atoms with van der Waals surface area (Å²) in [7, 11) is 1.57. The average Bonchev–Trinajstić information content (AvgIpc) is 1.95. The van der Waals surface area contributed by atoms with Crippen LogP contribution in [0.5, 0.6) is 0 Å². The van der Waals surface area contributed by atoms with Crippen LogP contribution in [0.4, 0.5) is 11.4 Å². The third kappa shape index (κ3) is 1.63. The molecule has 3 N–H and O–H groups in total. The molecule has 0 aliphatic heterocycles. The zero-order chi connectivity index (χ0) is 7.40. The molecular formula is C7H10N2O. The molecule has 54 valence electrons. The van der Waals surface area contributed by atoms with E-state index in [1.54, 1.807) is 19.2 Å². The Kier molecular flexibility index (Phi) is 2.12. The van der Waals surface area contributed by atoms with Crippen molar-refractivity contribution in [1.82, 2.24) is 0 Å². The molecule has 0 radical (unpaired) electrons. The summed E-state index contributed by atoms with van der Waals surface area (Å²) in [4.78, 5) is 4.68. The minimum absolute atomic E-state index is 0.752. The molecule has 1 aromatic carbocycles. The van der Waals surface area contributed by atoms with E-state index >= 15 is 0 Å². The monoisotopic (exact) mass is 138 g/mol. The lowest BCUT2D eigenvalue weighted by atomic mass is 10.3. The highest BCUT2D eigenvalue weighted by molar-refractivity contribution is 5.49. The number of hydrogen-bond acceptors (Lipinski definition) is 3. The van der Waals surface area contributed by atoms with Gasteiger partial charge in [-0.15, -0.1) is 0 Å². The second-order valence-corrected chi connectivity index (χ2v) is 1.93. The van der Waals surface area contributed by atoms with Crippen LogP contribution in [-0.4, -0.2) is 7.11 Å². The number of rotatable bonds is 2. The molecule has 0 atom stereocenters. The van der Waals surface area contributed by atoms with Gasteiger partial charge in [0.1, 0.15) is 0 Å². The third-order valence-corrected chi connectivity index (χ3v) is 1.13. The van der Waals surface area contributed by atoms with Gasteiger partial charge in [0.2, 0.25) is 0 Å². The van der Waals surface area contributed by atoms with Crippen LogP contribution in [0, 0.1) is 0 Å². The molecule has 0 aliphatic rings. The van der Waals surface area contributed by atoms with Gasteiger partial charge >= 0.3 is 0 Å². The Bertz CT molecular complexity index is 195. The zero-order valence-corrected chi connectivity index (χ0v) is 5.79. The molecule has 0 aliphatic carbocycles. The molecule has 0 fully saturated rings. The van der Waals surface area contributed by atoms with Crippen molar-refractivity contribution in [3.05, 3.63) is 24.3 Å². The fourth-order valence-electron chi connectivity index (χ4n) is 0.669. The van der Waals surface area contributed by atoms with Gasteiger partial charge < -0.3 is 5.73 Å². The van der Waals surface area contributed by atoms with Gasteiger partial charge in [-0.25, -0.2) is 0 Å². The maximum atomic E-state index is 5.45. The Labute approximate surface area is 59.8 Å². The first-order valence-electron chi connectivity index (χ1n) is 2.97. The van der Waals surface area contributed by atoms with Crippen LogP contribution in [0.2, 0.25) is 0 Å². The lowest BCUT2D eigenvalue weighted by Crippen LogP contribution is -1.94. The van der Waals surface area contributed by atoms with Crippen molar-refractivity contribution in [1.29, 1.82) is 0 Å². The highest BCUT2D eigenvalue weighted by atomic mass is 16.6. The minimum Gasteiger partial charge on any atom is -0.399 e. The van der Waals surface area contributed by atoms with Gasteiger partial charge in [-0.05, 0) is 24.3 Å². The van der Waals surface area contributed by atoms with Crippen LogP contribution in [0.25, 0.3) is 0 Å². The first-order chi connectivity index (χ1) is 4.83. The van der Waals surface area contributed by atoms with Crippen LogP contribution in [0.1, 0.15) is 0 Å². The van der Waals surface area contributed by atoms with E-state index < -0.39 is 0 Å². The fraction of sp³-hybridized carbons (Fsp3) is 0.143. The SMILES string of the molecule is CONc1ccc(N)cc1. The van der Waals surface area contributed by atoms with E-state index in [1.165, 1.54) is 0 Å². The molecule has 1 aromatic rings. The van der Waals surface area contributed by atoms with Crippen molar-refractivity contribution in [3.63, 3.8) is 0 Å². The second-order valence-electron chi connectivity index (χ2n) is 1.93. The molecule has 0 saturated heterocycles. The molecule has 1 rings (SSSR count). The number of benzene rings is 1. The maximum Gasteiger partial charge on any atom is 0.0636 e. The minimum atomic E-state index is 0.752. The van der Waals surface area contributed by atoms with Gasteiger partial charge in [0.05, 0.1) is 12.8 Å². The summed E-state index contributed by atoms with van der Waals surface area (Å²) >= 11 is 0. The zero-order valence-electron chi connectivity index (χ0n) is 5.79. The second kappa shape index (κ2) is 3.08. The van der Waals surface area contributed by atoms with Gasteiger partial charge in [-0.3, -0.25) is 10.3 Å². The van der Waals surface area contributed by atoms with Crippen LogP contribution in [0.3, 0.4) is 0 Å². The van der Waals surface area contributed by atoms with Crippen LogP contribution < -0.4 is 11.2 Å². The van der Waals surface area contributed by atoms with Gasteiger partial charge in [-0.2, -0.15) is 0 Å². The summed E-state index contributed by atoms with van der Waals surface area (Å²) in [5.41, 5.74) is 9.78. The molecular weight excluding hydrogens is 128 g/mol. The molecule has 0 unspecified atom stereocenters. The standard InChI is InChI=1S/C7H10N2O/c1-10-9-7-4-2-6(8)3-5-7/h2-5,9H,8H2,1H3. The highest BCUT2D eigenvalue weighted by Crippen LogP contribution is 2.09. The molecule has 3 heteroatoms. The largest absolute Gasteiger partial charge is 0.399 e. The Morgan fingerprint density at radius 3 is 2.40 bits per heavy atom. The molecule has 0 amide bonds. The maximum absolute atomic E-state index is 5.45. The third-order valence-electron chi connectivity index (χ3n) is 1.13. The molecule has 0 heterocycles. The number of nitrogens with two attached hydrogens (primary N) is 1. The Balaban J connectivity index is 2.69. The van der Waals surface area contributed by atoms with Crippen molar-refractivity contribution in [2.24, 2.45) is 0 Å². The summed E-state index contributed by atoms with van der Waals surface area (Å²) in [5, 5.41) is 0. The van der Waals surface area contributed by atoms with Gasteiger partial charge in [0.15, 0.2) is 0 Å². The Morgan fingerprint density at radius 2 is 1.90 bits per heavy atom. The topological polar surface area (TPSA) is 47.3 Å². The molecule has 3 nitrogen and oxygen atoms in total. The summed E-state index contributed by atoms with van der Waals surface area (Å²) < 4.78 is 0. The Hall–Kier alpha value is -1.22. The fourth-order valence-corrected chi connectivity index (χ4v) is 0.669. The van der Waals surface area contributed by atoms with Gasteiger partial charge in [0, 0.05) is 5.69 Å². The molecule has 0 saturated carbocycles. The number of hydrogen-bond donors (Lipinski definition) is 2. The summed E-state index contributed by atoms with van der Waals surface area (Å²) in [5.74, 6) is 0. The lowest BCUT2D eigenvalue weighted by molar-refractivity contribution is 0.271. The predicted molar refractivity (Wildman–Crippen MR) is 41.5 cm³/mol. The van der Waals surface area contributed by atoms with Gasteiger partial charge in [-0.1, -0.05) is 0 Å². The van der Waals surface area contributed by atoms with Crippen molar-refractivity contribution in [2.75, 3.05) is 18.3 Å². The van der Waals surface area contributed by atoms with E-state index in [-0.39, 0.29) is 0 Å².